The van der Waals surface area contributed by atoms with Crippen LogP contribution in [-0.2, 0) is 11.3 Å². The maximum atomic E-state index is 12.3. The van der Waals surface area contributed by atoms with Gasteiger partial charge in [-0.2, -0.15) is 5.10 Å². The van der Waals surface area contributed by atoms with Crippen LogP contribution in [-0.4, -0.2) is 48.5 Å². The van der Waals surface area contributed by atoms with Crippen molar-refractivity contribution in [3.8, 4) is 5.75 Å². The molecule has 1 fully saturated rings. The topological polar surface area (TPSA) is 65.4 Å². The summed E-state index contributed by atoms with van der Waals surface area (Å²) in [5.41, 5.74) is 0.512. The molecule has 1 aliphatic rings. The van der Waals surface area contributed by atoms with E-state index in [9.17, 15) is 4.79 Å². The molecule has 0 radical (unpaired) electrons. The van der Waals surface area contributed by atoms with Crippen LogP contribution >= 0.6 is 0 Å². The number of rotatable bonds is 4. The van der Waals surface area contributed by atoms with E-state index in [0.717, 1.165) is 0 Å². The van der Waals surface area contributed by atoms with E-state index in [4.69, 9.17) is 9.47 Å². The van der Waals surface area contributed by atoms with E-state index in [1.54, 1.807) is 18.0 Å². The van der Waals surface area contributed by atoms with E-state index in [2.05, 4.69) is 10.4 Å². The van der Waals surface area contributed by atoms with Crippen LogP contribution in [0.1, 0.15) is 17.4 Å². The summed E-state index contributed by atoms with van der Waals surface area (Å²) in [5, 5.41) is 7.26. The fourth-order valence-corrected chi connectivity index (χ4v) is 1.90. The highest BCUT2D eigenvalue weighted by Crippen LogP contribution is 2.19. The van der Waals surface area contributed by atoms with Crippen molar-refractivity contribution >= 4 is 5.78 Å². The molecular formula is C11H17N3O3. The smallest absolute Gasteiger partial charge is 0.203 e. The molecule has 6 nitrogen and oxygen atoms in total. The van der Waals surface area contributed by atoms with Gasteiger partial charge in [-0.25, -0.2) is 0 Å². The van der Waals surface area contributed by atoms with E-state index in [-0.39, 0.29) is 11.8 Å². The maximum Gasteiger partial charge on any atom is 0.203 e. The van der Waals surface area contributed by atoms with E-state index in [1.807, 2.05) is 6.92 Å². The van der Waals surface area contributed by atoms with Gasteiger partial charge in [0, 0.05) is 13.1 Å². The second kappa shape index (κ2) is 5.29. The Balaban J connectivity index is 2.24. The highest BCUT2D eigenvalue weighted by molar-refractivity contribution is 6.01. The van der Waals surface area contributed by atoms with Crippen LogP contribution in [0.2, 0.25) is 0 Å². The first-order valence-electron chi connectivity index (χ1n) is 5.73. The fourth-order valence-electron chi connectivity index (χ4n) is 1.90. The van der Waals surface area contributed by atoms with Crippen molar-refractivity contribution in [3.05, 3.63) is 11.9 Å². The summed E-state index contributed by atoms with van der Waals surface area (Å²) in [7, 11) is 1.54. The van der Waals surface area contributed by atoms with Gasteiger partial charge in [0.15, 0.2) is 5.75 Å². The summed E-state index contributed by atoms with van der Waals surface area (Å²) in [4.78, 5) is 12.3. The molecule has 0 aromatic carbocycles. The minimum atomic E-state index is -0.306. The Labute approximate surface area is 99.9 Å². The van der Waals surface area contributed by atoms with E-state index >= 15 is 0 Å². The first-order chi connectivity index (χ1) is 8.27. The Hall–Kier alpha value is -1.40. The summed E-state index contributed by atoms with van der Waals surface area (Å²) in [6.45, 7) is 4.32. The summed E-state index contributed by atoms with van der Waals surface area (Å²) >= 11 is 0. The summed E-state index contributed by atoms with van der Waals surface area (Å²) in [6.07, 6.45) is 1.57. The third kappa shape index (κ3) is 2.32. The van der Waals surface area contributed by atoms with Crippen LogP contribution < -0.4 is 10.1 Å². The summed E-state index contributed by atoms with van der Waals surface area (Å²) < 4.78 is 12.1. The quantitative estimate of drug-likeness (QED) is 0.754. The highest BCUT2D eigenvalue weighted by Gasteiger charge is 2.28. The van der Waals surface area contributed by atoms with Crippen LogP contribution in [0.25, 0.3) is 0 Å². The molecule has 94 valence electrons. The molecule has 0 saturated carbocycles. The molecule has 0 aliphatic carbocycles. The SMILES string of the molecule is CCn1ncc(OC)c1C(=O)C1COCCN1. The van der Waals surface area contributed by atoms with Gasteiger partial charge in [-0.15, -0.1) is 0 Å². The minimum absolute atomic E-state index is 0.0269. The largest absolute Gasteiger partial charge is 0.493 e. The second-order valence-corrected chi connectivity index (χ2v) is 3.82. The molecule has 0 bridgehead atoms. The van der Waals surface area contributed by atoms with E-state index in [1.165, 1.54) is 0 Å². The molecule has 1 unspecified atom stereocenters. The van der Waals surface area contributed by atoms with Crippen LogP contribution in [0.3, 0.4) is 0 Å². The van der Waals surface area contributed by atoms with Crippen molar-refractivity contribution in [2.24, 2.45) is 0 Å². The fraction of sp³-hybridized carbons (Fsp3) is 0.636. The maximum absolute atomic E-state index is 12.3. The molecule has 1 aliphatic heterocycles. The number of hydrogen-bond acceptors (Lipinski definition) is 5. The minimum Gasteiger partial charge on any atom is -0.493 e. The van der Waals surface area contributed by atoms with Crippen LogP contribution in [0.15, 0.2) is 6.20 Å². The van der Waals surface area contributed by atoms with Crippen molar-refractivity contribution in [3.63, 3.8) is 0 Å². The molecule has 1 atom stereocenters. The molecule has 1 saturated heterocycles. The number of carbonyl (C=O) groups excluding carboxylic acids is 1. The zero-order chi connectivity index (χ0) is 12.3. The van der Waals surface area contributed by atoms with Gasteiger partial charge in [-0.1, -0.05) is 0 Å². The van der Waals surface area contributed by atoms with Gasteiger partial charge in [0.2, 0.25) is 5.78 Å². The summed E-state index contributed by atoms with van der Waals surface area (Å²) in [5.74, 6) is 0.491. The lowest BCUT2D eigenvalue weighted by molar-refractivity contribution is 0.0598. The number of nitrogens with zero attached hydrogens (tertiary/aromatic N) is 2. The molecule has 0 amide bonds. The molecule has 2 heterocycles. The van der Waals surface area contributed by atoms with Gasteiger partial charge in [-0.05, 0) is 6.92 Å². The predicted octanol–water partition coefficient (Wildman–Crippen LogP) is 0.0827. The third-order valence-electron chi connectivity index (χ3n) is 2.80. The zero-order valence-electron chi connectivity index (χ0n) is 10.1. The normalized spacial score (nSPS) is 20.2. The number of ketones is 1. The molecular weight excluding hydrogens is 222 g/mol. The molecule has 0 spiro atoms. The number of ether oxygens (including phenoxy) is 2. The average Bonchev–Trinajstić information content (AvgIpc) is 2.81. The molecule has 1 N–H and O–H groups in total. The summed E-state index contributed by atoms with van der Waals surface area (Å²) in [6, 6.07) is -0.306. The average molecular weight is 239 g/mol. The Morgan fingerprint density at radius 2 is 2.59 bits per heavy atom. The number of nitrogens with one attached hydrogen (secondary N) is 1. The highest BCUT2D eigenvalue weighted by atomic mass is 16.5. The molecule has 1 aromatic heterocycles. The Morgan fingerprint density at radius 3 is 3.18 bits per heavy atom. The zero-order valence-corrected chi connectivity index (χ0v) is 10.1. The monoisotopic (exact) mass is 239 g/mol. The standard InChI is InChI=1S/C11H17N3O3/c1-3-14-10(9(16-2)6-13-14)11(15)8-7-17-5-4-12-8/h6,8,12H,3-5,7H2,1-2H3. The van der Waals surface area contributed by atoms with Gasteiger partial charge >= 0.3 is 0 Å². The van der Waals surface area contributed by atoms with Crippen LogP contribution in [0.5, 0.6) is 5.75 Å². The van der Waals surface area contributed by atoms with Gasteiger partial charge in [0.05, 0.1) is 32.6 Å². The van der Waals surface area contributed by atoms with Crippen molar-refractivity contribution in [2.45, 2.75) is 19.5 Å². The van der Waals surface area contributed by atoms with Crippen molar-refractivity contribution in [1.29, 1.82) is 0 Å². The first-order valence-corrected chi connectivity index (χ1v) is 5.73. The number of hydrogen-bond donors (Lipinski definition) is 1. The second-order valence-electron chi connectivity index (χ2n) is 3.82. The van der Waals surface area contributed by atoms with Crippen LogP contribution in [0, 0.1) is 0 Å². The first kappa shape index (κ1) is 12.1. The van der Waals surface area contributed by atoms with Crippen molar-refractivity contribution in [1.82, 2.24) is 15.1 Å². The number of carbonyl (C=O) groups is 1. The van der Waals surface area contributed by atoms with Gasteiger partial charge in [0.25, 0.3) is 0 Å². The van der Waals surface area contributed by atoms with Gasteiger partial charge in [-0.3, -0.25) is 9.48 Å². The van der Waals surface area contributed by atoms with E-state index < -0.39 is 0 Å². The molecule has 2 rings (SSSR count). The van der Waals surface area contributed by atoms with Gasteiger partial charge < -0.3 is 14.8 Å². The van der Waals surface area contributed by atoms with Crippen molar-refractivity contribution in [2.75, 3.05) is 26.9 Å². The predicted molar refractivity (Wildman–Crippen MR) is 61.4 cm³/mol. The lowest BCUT2D eigenvalue weighted by Crippen LogP contribution is -2.47. The van der Waals surface area contributed by atoms with Gasteiger partial charge in [0.1, 0.15) is 5.69 Å². The molecule has 6 heteroatoms. The Kier molecular flexibility index (Phi) is 3.75. The number of methoxy groups -OCH3 is 1. The van der Waals surface area contributed by atoms with Crippen LogP contribution in [0.4, 0.5) is 0 Å². The Bertz CT molecular complexity index is 375. The lowest BCUT2D eigenvalue weighted by Gasteiger charge is -2.22. The number of Topliss-reactive ketones (excluding diaryl/α,β-unsaturated/α-hetero) is 1. The number of morpholine rings is 1. The molecule has 17 heavy (non-hydrogen) atoms. The van der Waals surface area contributed by atoms with E-state index in [0.29, 0.717) is 37.7 Å². The van der Waals surface area contributed by atoms with Crippen molar-refractivity contribution < 1.29 is 14.3 Å². The molecule has 1 aromatic rings. The number of aromatic nitrogens is 2. The third-order valence-corrected chi connectivity index (χ3v) is 2.80. The Morgan fingerprint density at radius 1 is 1.76 bits per heavy atom. The lowest BCUT2D eigenvalue weighted by atomic mass is 10.1. The number of aryl methyl sites for hydroxylation is 1.